The highest BCUT2D eigenvalue weighted by Crippen LogP contribution is 2.30. The first-order valence-corrected chi connectivity index (χ1v) is 11.0. The molecule has 1 aromatic carbocycles. The van der Waals surface area contributed by atoms with E-state index in [4.69, 9.17) is 20.8 Å². The first kappa shape index (κ1) is 21.3. The maximum atomic E-state index is 12.4. The monoisotopic (exact) mass is 432 g/mol. The minimum atomic E-state index is -0.193. The van der Waals surface area contributed by atoms with Crippen molar-refractivity contribution in [1.82, 2.24) is 20.1 Å². The lowest BCUT2D eigenvalue weighted by Crippen LogP contribution is -2.41. The summed E-state index contributed by atoms with van der Waals surface area (Å²) in [7, 11) is 0. The van der Waals surface area contributed by atoms with Crippen molar-refractivity contribution in [1.29, 1.82) is 0 Å². The Kier molecular flexibility index (Phi) is 7.38. The van der Waals surface area contributed by atoms with E-state index < -0.39 is 0 Å². The highest BCUT2D eigenvalue weighted by molar-refractivity contribution is 6.30. The predicted octanol–water partition coefficient (Wildman–Crippen LogP) is 2.80. The normalized spacial score (nSPS) is 17.4. The minimum Gasteiger partial charge on any atom is -0.447 e. The van der Waals surface area contributed by atoms with Crippen molar-refractivity contribution < 1.29 is 13.9 Å². The van der Waals surface area contributed by atoms with Crippen molar-refractivity contribution in [2.24, 2.45) is 5.92 Å². The lowest BCUT2D eigenvalue weighted by atomic mass is 10.2. The molecule has 1 saturated heterocycles. The molecule has 1 aromatic heterocycles. The number of carbonyl (C=O) groups is 1. The summed E-state index contributed by atoms with van der Waals surface area (Å²) in [6.07, 6.45) is 4.00. The molecule has 162 valence electrons. The van der Waals surface area contributed by atoms with Gasteiger partial charge in [0.2, 0.25) is 5.89 Å². The van der Waals surface area contributed by atoms with Crippen LogP contribution in [0.1, 0.15) is 34.8 Å². The molecule has 0 radical (unpaired) electrons. The van der Waals surface area contributed by atoms with Crippen molar-refractivity contribution in [3.8, 4) is 0 Å². The van der Waals surface area contributed by atoms with Gasteiger partial charge in [0.05, 0.1) is 19.8 Å². The van der Waals surface area contributed by atoms with Crippen LogP contribution in [0.4, 0.5) is 0 Å². The predicted molar refractivity (Wildman–Crippen MR) is 114 cm³/mol. The Morgan fingerprint density at radius 1 is 1.27 bits per heavy atom. The van der Waals surface area contributed by atoms with E-state index in [1.165, 1.54) is 19.1 Å². The highest BCUT2D eigenvalue weighted by Gasteiger charge is 2.25. The number of oxazole rings is 1. The zero-order chi connectivity index (χ0) is 20.8. The Labute approximate surface area is 182 Å². The summed E-state index contributed by atoms with van der Waals surface area (Å²) in [5.41, 5.74) is 1.50. The fourth-order valence-electron chi connectivity index (χ4n) is 3.67. The topological polar surface area (TPSA) is 70.8 Å². The van der Waals surface area contributed by atoms with Gasteiger partial charge in [-0.1, -0.05) is 23.7 Å². The summed E-state index contributed by atoms with van der Waals surface area (Å²) < 4.78 is 10.9. The number of hydrogen-bond acceptors (Lipinski definition) is 6. The van der Waals surface area contributed by atoms with Crippen LogP contribution in [0.15, 0.2) is 34.9 Å². The van der Waals surface area contributed by atoms with Gasteiger partial charge in [-0.3, -0.25) is 14.6 Å². The molecule has 2 heterocycles. The van der Waals surface area contributed by atoms with Gasteiger partial charge in [0, 0.05) is 44.3 Å². The van der Waals surface area contributed by atoms with Crippen LogP contribution >= 0.6 is 11.6 Å². The average molecular weight is 433 g/mol. The summed E-state index contributed by atoms with van der Waals surface area (Å²) in [5.74, 6) is 1.11. The standard InChI is InChI=1S/C22H29ClN4O3/c23-19-3-1-2-18(12-19)14-27(13-17-4-5-17)15-21-25-20(16-30-21)22(28)24-6-7-26-8-10-29-11-9-26/h1-3,12,16-17H,4-11,13-15H2,(H,24,28). The van der Waals surface area contributed by atoms with Crippen LogP contribution < -0.4 is 5.32 Å². The molecule has 7 nitrogen and oxygen atoms in total. The number of aromatic nitrogens is 1. The SMILES string of the molecule is O=C(NCCN1CCOCC1)c1coc(CN(Cc2cccc(Cl)c2)CC2CC2)n1. The summed E-state index contributed by atoms with van der Waals surface area (Å²) in [6, 6.07) is 7.92. The van der Waals surface area contributed by atoms with Crippen LogP contribution in [0.3, 0.4) is 0 Å². The molecule has 0 unspecified atom stereocenters. The lowest BCUT2D eigenvalue weighted by molar-refractivity contribution is 0.0383. The molecular weight excluding hydrogens is 404 g/mol. The van der Waals surface area contributed by atoms with E-state index in [-0.39, 0.29) is 5.91 Å². The van der Waals surface area contributed by atoms with Crippen molar-refractivity contribution in [3.63, 3.8) is 0 Å². The van der Waals surface area contributed by atoms with E-state index in [0.29, 0.717) is 24.7 Å². The molecule has 8 heteroatoms. The first-order valence-electron chi connectivity index (χ1n) is 10.7. The van der Waals surface area contributed by atoms with Crippen molar-refractivity contribution >= 4 is 17.5 Å². The molecule has 2 aromatic rings. The molecule has 1 aliphatic heterocycles. The third-order valence-electron chi connectivity index (χ3n) is 5.47. The summed E-state index contributed by atoms with van der Waals surface area (Å²) in [6.45, 7) is 7.08. The van der Waals surface area contributed by atoms with Crippen molar-refractivity contribution in [2.75, 3.05) is 45.9 Å². The van der Waals surface area contributed by atoms with E-state index in [2.05, 4.69) is 26.2 Å². The molecule has 2 aliphatic rings. The molecule has 30 heavy (non-hydrogen) atoms. The van der Waals surface area contributed by atoms with Gasteiger partial charge in [-0.2, -0.15) is 0 Å². The van der Waals surface area contributed by atoms with Gasteiger partial charge in [-0.05, 0) is 36.5 Å². The fraction of sp³-hybridized carbons (Fsp3) is 0.545. The number of halogens is 1. The zero-order valence-corrected chi connectivity index (χ0v) is 17.9. The fourth-order valence-corrected chi connectivity index (χ4v) is 3.88. The molecule has 1 N–H and O–H groups in total. The van der Waals surface area contributed by atoms with Gasteiger partial charge in [-0.25, -0.2) is 4.98 Å². The number of morpholine rings is 1. The van der Waals surface area contributed by atoms with Gasteiger partial charge < -0.3 is 14.5 Å². The number of ether oxygens (including phenoxy) is 1. The Balaban J connectivity index is 1.29. The number of nitrogens with zero attached hydrogens (tertiary/aromatic N) is 3. The Morgan fingerprint density at radius 2 is 2.10 bits per heavy atom. The maximum Gasteiger partial charge on any atom is 0.273 e. The molecule has 1 aliphatic carbocycles. The van der Waals surface area contributed by atoms with Gasteiger partial charge in [-0.15, -0.1) is 0 Å². The number of amides is 1. The Morgan fingerprint density at radius 3 is 2.87 bits per heavy atom. The second-order valence-corrected chi connectivity index (χ2v) is 8.52. The van der Waals surface area contributed by atoms with Crippen LogP contribution in [0.25, 0.3) is 0 Å². The molecule has 0 bridgehead atoms. The Hall–Kier alpha value is -1.93. The largest absolute Gasteiger partial charge is 0.447 e. The Bertz CT molecular complexity index is 833. The molecule has 2 fully saturated rings. The summed E-state index contributed by atoms with van der Waals surface area (Å²) in [5, 5.41) is 3.67. The van der Waals surface area contributed by atoms with Gasteiger partial charge >= 0.3 is 0 Å². The van der Waals surface area contributed by atoms with E-state index in [9.17, 15) is 4.79 Å². The molecular formula is C22H29ClN4O3. The maximum absolute atomic E-state index is 12.4. The number of benzene rings is 1. The third kappa shape index (κ3) is 6.54. The average Bonchev–Trinajstić information content (AvgIpc) is 3.43. The molecule has 0 atom stereocenters. The van der Waals surface area contributed by atoms with Crippen LogP contribution in [0, 0.1) is 5.92 Å². The number of carbonyl (C=O) groups excluding carboxylic acids is 1. The summed E-state index contributed by atoms with van der Waals surface area (Å²) in [4.78, 5) is 21.4. The van der Waals surface area contributed by atoms with Crippen molar-refractivity contribution in [3.05, 3.63) is 52.7 Å². The molecule has 0 spiro atoms. The zero-order valence-electron chi connectivity index (χ0n) is 17.2. The van der Waals surface area contributed by atoms with E-state index in [1.807, 2.05) is 18.2 Å². The number of rotatable bonds is 10. The smallest absolute Gasteiger partial charge is 0.273 e. The molecule has 4 rings (SSSR count). The number of hydrogen-bond donors (Lipinski definition) is 1. The highest BCUT2D eigenvalue weighted by atomic mass is 35.5. The van der Waals surface area contributed by atoms with Crippen LogP contribution in [0.5, 0.6) is 0 Å². The minimum absolute atomic E-state index is 0.193. The van der Waals surface area contributed by atoms with Crippen LogP contribution in [-0.4, -0.2) is 66.6 Å². The van der Waals surface area contributed by atoms with Crippen LogP contribution in [-0.2, 0) is 17.8 Å². The quantitative estimate of drug-likeness (QED) is 0.622. The van der Waals surface area contributed by atoms with Gasteiger partial charge in [0.25, 0.3) is 5.91 Å². The third-order valence-corrected chi connectivity index (χ3v) is 5.70. The van der Waals surface area contributed by atoms with Gasteiger partial charge in [0.1, 0.15) is 6.26 Å². The molecule has 1 amide bonds. The second kappa shape index (κ2) is 10.4. The second-order valence-electron chi connectivity index (χ2n) is 8.08. The van der Waals surface area contributed by atoms with E-state index in [0.717, 1.165) is 62.4 Å². The van der Waals surface area contributed by atoms with Crippen LogP contribution in [0.2, 0.25) is 5.02 Å². The van der Waals surface area contributed by atoms with E-state index in [1.54, 1.807) is 0 Å². The van der Waals surface area contributed by atoms with E-state index >= 15 is 0 Å². The number of nitrogens with one attached hydrogen (secondary N) is 1. The summed E-state index contributed by atoms with van der Waals surface area (Å²) >= 11 is 6.13. The van der Waals surface area contributed by atoms with Gasteiger partial charge in [0.15, 0.2) is 5.69 Å². The van der Waals surface area contributed by atoms with Crippen molar-refractivity contribution in [2.45, 2.75) is 25.9 Å². The first-order chi connectivity index (χ1) is 14.7. The molecule has 1 saturated carbocycles. The lowest BCUT2D eigenvalue weighted by Gasteiger charge is -2.26.